The quantitative estimate of drug-likeness (QED) is 0.422. The van der Waals surface area contributed by atoms with Crippen LogP contribution in [0.3, 0.4) is 0 Å². The molecule has 0 aliphatic heterocycles. The Morgan fingerprint density at radius 1 is 1.19 bits per heavy atom. The minimum atomic E-state index is 0.844. The first-order valence-electron chi connectivity index (χ1n) is 8.63. The van der Waals surface area contributed by atoms with Gasteiger partial charge in [0.1, 0.15) is 0 Å². The molecule has 1 N–H and O–H groups in total. The van der Waals surface area contributed by atoms with E-state index in [-0.39, 0.29) is 0 Å². The number of allylic oxidation sites excluding steroid dienone is 5. The van der Waals surface area contributed by atoms with Crippen molar-refractivity contribution >= 4 is 39.7 Å². The molecule has 0 bridgehead atoms. The average molecular weight is 375 g/mol. The molecule has 27 heavy (non-hydrogen) atoms. The first-order valence-corrected chi connectivity index (χ1v) is 9.86. The van der Waals surface area contributed by atoms with E-state index in [1.165, 1.54) is 0 Å². The van der Waals surface area contributed by atoms with E-state index >= 15 is 0 Å². The lowest BCUT2D eigenvalue weighted by Gasteiger charge is -2.14. The fourth-order valence-corrected chi connectivity index (χ4v) is 3.32. The van der Waals surface area contributed by atoms with Gasteiger partial charge in [0.2, 0.25) is 0 Å². The molecule has 0 saturated carbocycles. The standard InChI is InChI=1S/C22H22N4S/c1-5-15(3)11-16(6-2)18-12-17(13-19-22(18)25-10-9-24-19)26-20-14-23-8-7-21(20)27-4/h5-14,26H,1H2,2-4H3/b15-11-,16-6+. The van der Waals surface area contributed by atoms with Gasteiger partial charge in [-0.2, -0.15) is 0 Å². The van der Waals surface area contributed by atoms with Crippen LogP contribution in [0.2, 0.25) is 0 Å². The molecule has 0 atom stereocenters. The van der Waals surface area contributed by atoms with Crippen LogP contribution in [0.25, 0.3) is 16.6 Å². The SMILES string of the molecule is C=C/C(C)=C\C(=C/C)c1cc(Nc2cnccc2SC)cc2nccnc12. The molecule has 0 radical (unpaired) electrons. The molecule has 3 aromatic rings. The Balaban J connectivity index is 2.15. The molecule has 2 heterocycles. The number of nitrogens with zero attached hydrogens (tertiary/aromatic N) is 3. The zero-order valence-electron chi connectivity index (χ0n) is 15.7. The van der Waals surface area contributed by atoms with E-state index < -0.39 is 0 Å². The predicted molar refractivity (Wildman–Crippen MR) is 116 cm³/mol. The minimum absolute atomic E-state index is 0.844. The number of hydrogen-bond acceptors (Lipinski definition) is 5. The molecular weight excluding hydrogens is 352 g/mol. The summed E-state index contributed by atoms with van der Waals surface area (Å²) in [6, 6.07) is 6.12. The second-order valence-electron chi connectivity index (χ2n) is 5.99. The van der Waals surface area contributed by atoms with Crippen LogP contribution in [0.1, 0.15) is 19.4 Å². The number of aromatic nitrogens is 3. The van der Waals surface area contributed by atoms with Gasteiger partial charge in [-0.25, -0.2) is 0 Å². The van der Waals surface area contributed by atoms with E-state index in [0.717, 1.165) is 44.0 Å². The summed E-state index contributed by atoms with van der Waals surface area (Å²) in [5, 5.41) is 3.48. The molecule has 3 rings (SSSR count). The Labute approximate surface area is 164 Å². The lowest BCUT2D eigenvalue weighted by molar-refractivity contribution is 1.25. The van der Waals surface area contributed by atoms with E-state index in [0.29, 0.717) is 0 Å². The fourth-order valence-electron chi connectivity index (χ4n) is 2.80. The van der Waals surface area contributed by atoms with Crippen LogP contribution >= 0.6 is 11.8 Å². The van der Waals surface area contributed by atoms with E-state index in [9.17, 15) is 0 Å². The molecule has 0 aliphatic carbocycles. The van der Waals surface area contributed by atoms with E-state index in [4.69, 9.17) is 0 Å². The Kier molecular flexibility index (Phi) is 6.04. The molecule has 0 aliphatic rings. The van der Waals surface area contributed by atoms with Crippen LogP contribution in [-0.2, 0) is 0 Å². The Morgan fingerprint density at radius 2 is 2.00 bits per heavy atom. The number of nitrogens with one attached hydrogen (secondary N) is 1. The Morgan fingerprint density at radius 3 is 2.74 bits per heavy atom. The third kappa shape index (κ3) is 4.26. The zero-order chi connectivity index (χ0) is 19.2. The van der Waals surface area contributed by atoms with Crippen molar-refractivity contribution in [3.8, 4) is 0 Å². The maximum absolute atomic E-state index is 4.56. The van der Waals surface area contributed by atoms with Crippen molar-refractivity contribution in [3.63, 3.8) is 0 Å². The van der Waals surface area contributed by atoms with Gasteiger partial charge in [-0.15, -0.1) is 11.8 Å². The van der Waals surface area contributed by atoms with Crippen molar-refractivity contribution < 1.29 is 0 Å². The Hall–Kier alpha value is -2.92. The molecule has 4 nitrogen and oxygen atoms in total. The molecule has 2 aromatic heterocycles. The molecule has 0 spiro atoms. The van der Waals surface area contributed by atoms with Crippen molar-refractivity contribution in [2.45, 2.75) is 18.7 Å². The van der Waals surface area contributed by atoms with E-state index in [1.807, 2.05) is 38.3 Å². The molecule has 5 heteroatoms. The second-order valence-corrected chi connectivity index (χ2v) is 6.83. The van der Waals surface area contributed by atoms with E-state index in [1.54, 1.807) is 30.4 Å². The number of thioether (sulfide) groups is 1. The third-order valence-corrected chi connectivity index (χ3v) is 4.98. The zero-order valence-corrected chi connectivity index (χ0v) is 16.5. The van der Waals surface area contributed by atoms with Gasteiger partial charge in [-0.3, -0.25) is 15.0 Å². The minimum Gasteiger partial charge on any atom is -0.353 e. The molecule has 1 aromatic carbocycles. The highest BCUT2D eigenvalue weighted by Gasteiger charge is 2.11. The average Bonchev–Trinajstić information content (AvgIpc) is 2.71. The maximum Gasteiger partial charge on any atom is 0.0966 e. The summed E-state index contributed by atoms with van der Waals surface area (Å²) in [5.74, 6) is 0. The summed E-state index contributed by atoms with van der Waals surface area (Å²) in [4.78, 5) is 14.5. The summed E-state index contributed by atoms with van der Waals surface area (Å²) in [6.45, 7) is 7.91. The van der Waals surface area contributed by atoms with Crippen molar-refractivity contribution in [3.05, 3.63) is 78.9 Å². The van der Waals surface area contributed by atoms with Crippen LogP contribution in [0.4, 0.5) is 11.4 Å². The van der Waals surface area contributed by atoms with Crippen LogP contribution in [0, 0.1) is 0 Å². The molecule has 0 saturated heterocycles. The molecular formula is C22H22N4S. The van der Waals surface area contributed by atoms with Crippen LogP contribution in [0.5, 0.6) is 0 Å². The summed E-state index contributed by atoms with van der Waals surface area (Å²) in [7, 11) is 0. The molecule has 0 amide bonds. The first kappa shape index (κ1) is 18.9. The summed E-state index contributed by atoms with van der Waals surface area (Å²) < 4.78 is 0. The number of rotatable bonds is 6. The fraction of sp³-hybridized carbons (Fsp3) is 0.136. The highest BCUT2D eigenvalue weighted by atomic mass is 32.2. The summed E-state index contributed by atoms with van der Waals surface area (Å²) in [5.41, 5.74) is 6.84. The Bertz CT molecular complexity index is 1040. The number of pyridine rings is 1. The predicted octanol–water partition coefficient (Wildman–Crippen LogP) is 6.03. The number of benzene rings is 1. The van der Waals surface area contributed by atoms with Crippen LogP contribution in [-0.4, -0.2) is 21.2 Å². The number of fused-ring (bicyclic) bond motifs is 1. The van der Waals surface area contributed by atoms with Crippen LogP contribution < -0.4 is 5.32 Å². The monoisotopic (exact) mass is 374 g/mol. The highest BCUT2D eigenvalue weighted by Crippen LogP contribution is 2.32. The largest absolute Gasteiger partial charge is 0.353 e. The van der Waals surface area contributed by atoms with E-state index in [2.05, 4.69) is 51.3 Å². The van der Waals surface area contributed by atoms with Gasteiger partial charge in [-0.05, 0) is 43.9 Å². The highest BCUT2D eigenvalue weighted by molar-refractivity contribution is 7.98. The lowest BCUT2D eigenvalue weighted by Crippen LogP contribution is -1.97. The molecule has 0 fully saturated rings. The first-order chi connectivity index (χ1) is 13.2. The second kappa shape index (κ2) is 8.64. The summed E-state index contributed by atoms with van der Waals surface area (Å²) in [6.07, 6.45) is 15.2. The van der Waals surface area contributed by atoms with Gasteiger partial charge in [0.15, 0.2) is 0 Å². The van der Waals surface area contributed by atoms with Gasteiger partial charge in [0.05, 0.1) is 22.9 Å². The number of anilines is 2. The van der Waals surface area contributed by atoms with Gasteiger partial charge in [0, 0.05) is 34.7 Å². The lowest BCUT2D eigenvalue weighted by atomic mass is 10.00. The molecule has 136 valence electrons. The number of hydrogen-bond donors (Lipinski definition) is 1. The van der Waals surface area contributed by atoms with Crippen molar-refractivity contribution in [2.75, 3.05) is 11.6 Å². The normalized spacial score (nSPS) is 12.3. The van der Waals surface area contributed by atoms with Gasteiger partial charge < -0.3 is 5.32 Å². The third-order valence-electron chi connectivity index (χ3n) is 4.18. The topological polar surface area (TPSA) is 50.7 Å². The van der Waals surface area contributed by atoms with Crippen molar-refractivity contribution in [2.24, 2.45) is 0 Å². The van der Waals surface area contributed by atoms with Gasteiger partial charge >= 0.3 is 0 Å². The van der Waals surface area contributed by atoms with Crippen molar-refractivity contribution in [1.82, 2.24) is 15.0 Å². The summed E-state index contributed by atoms with van der Waals surface area (Å²) >= 11 is 1.68. The maximum atomic E-state index is 4.56. The van der Waals surface area contributed by atoms with Gasteiger partial charge in [0.25, 0.3) is 0 Å². The van der Waals surface area contributed by atoms with Crippen molar-refractivity contribution in [1.29, 1.82) is 0 Å². The molecule has 0 unspecified atom stereocenters. The smallest absolute Gasteiger partial charge is 0.0966 e. The van der Waals surface area contributed by atoms with Gasteiger partial charge in [-0.1, -0.05) is 30.4 Å². The van der Waals surface area contributed by atoms with Crippen LogP contribution in [0.15, 0.2) is 78.3 Å².